The van der Waals surface area contributed by atoms with Crippen molar-refractivity contribution in [2.45, 2.75) is 34.1 Å². The molecule has 0 aromatic heterocycles. The first kappa shape index (κ1) is 24.1. The summed E-state index contributed by atoms with van der Waals surface area (Å²) in [7, 11) is -6.66. The van der Waals surface area contributed by atoms with E-state index in [1.807, 2.05) is 0 Å². The Hall–Kier alpha value is 0.0790. The van der Waals surface area contributed by atoms with Gasteiger partial charge in [0.05, 0.1) is 0 Å². The summed E-state index contributed by atoms with van der Waals surface area (Å²) in [5.41, 5.74) is 2.73. The molecule has 0 aliphatic carbocycles. The Morgan fingerprint density at radius 3 is 1.50 bits per heavy atom. The molecule has 0 radical (unpaired) electrons. The van der Waals surface area contributed by atoms with Crippen LogP contribution in [-0.4, -0.2) is 72.5 Å². The molecule has 1 rings (SSSR count). The molecule has 1 aromatic rings. The molecule has 0 unspecified atom stereocenters. The van der Waals surface area contributed by atoms with Crippen molar-refractivity contribution in [3.05, 3.63) is 35.4 Å². The van der Waals surface area contributed by atoms with Crippen LogP contribution in [0.3, 0.4) is 0 Å². The monoisotopic (exact) mass is 538 g/mol. The third kappa shape index (κ3) is 13.3. The van der Waals surface area contributed by atoms with E-state index in [1.165, 1.54) is 11.1 Å². The van der Waals surface area contributed by atoms with Gasteiger partial charge < -0.3 is 0 Å². The zero-order valence-electron chi connectivity index (χ0n) is 15.0. The van der Waals surface area contributed by atoms with Crippen molar-refractivity contribution < 1.29 is 25.2 Å². The molecule has 0 amide bonds. The van der Waals surface area contributed by atoms with E-state index in [-0.39, 0.29) is 13.2 Å². The van der Waals surface area contributed by atoms with Crippen LogP contribution in [0, 0.1) is 0 Å². The molecule has 150 valence electrons. The van der Waals surface area contributed by atoms with Gasteiger partial charge in [-0.3, -0.25) is 0 Å². The first-order valence-electron chi connectivity index (χ1n) is 8.08. The Morgan fingerprint density at radius 1 is 0.769 bits per heavy atom. The minimum atomic E-state index is -3.33. The van der Waals surface area contributed by atoms with Gasteiger partial charge in [-0.15, -0.1) is 0 Å². The van der Waals surface area contributed by atoms with Gasteiger partial charge in [0.1, 0.15) is 0 Å². The van der Waals surface area contributed by atoms with Crippen LogP contribution in [-0.2, 0) is 39.2 Å². The van der Waals surface area contributed by atoms with E-state index in [4.69, 9.17) is 8.37 Å². The second kappa shape index (κ2) is 12.5. The first-order valence-corrected chi connectivity index (χ1v) is 16.6. The van der Waals surface area contributed by atoms with E-state index < -0.39 is 20.2 Å². The van der Waals surface area contributed by atoms with Gasteiger partial charge in [-0.1, -0.05) is 0 Å². The summed E-state index contributed by atoms with van der Waals surface area (Å²) in [4.78, 5) is 0. The van der Waals surface area contributed by atoms with Crippen molar-refractivity contribution in [3.8, 4) is 0 Å². The zero-order valence-corrected chi connectivity index (χ0v) is 20.1. The van der Waals surface area contributed by atoms with Crippen molar-refractivity contribution >= 4 is 50.1 Å². The maximum absolute atomic E-state index is 10.9. The summed E-state index contributed by atoms with van der Waals surface area (Å²) in [6, 6.07) is 8.42. The predicted octanol–water partition coefficient (Wildman–Crippen LogP) is 1.66. The van der Waals surface area contributed by atoms with Gasteiger partial charge in [-0.2, -0.15) is 0 Å². The predicted molar refractivity (Wildman–Crippen MR) is 106 cm³/mol. The van der Waals surface area contributed by atoms with Crippen LogP contribution in [0.1, 0.15) is 24.0 Å². The Labute approximate surface area is 170 Å². The van der Waals surface area contributed by atoms with E-state index in [2.05, 4.69) is 24.3 Å². The van der Waals surface area contributed by atoms with Gasteiger partial charge in [0.25, 0.3) is 0 Å². The molecule has 0 saturated carbocycles. The maximum atomic E-state index is 10.9. The van der Waals surface area contributed by atoms with Gasteiger partial charge in [0.15, 0.2) is 0 Å². The third-order valence-electron chi connectivity index (χ3n) is 3.09. The molecular formula is C16H26O6S2Se2. The average Bonchev–Trinajstić information content (AvgIpc) is 2.53. The molecule has 0 aliphatic rings. The number of hydrogen-bond donors (Lipinski definition) is 0. The molecule has 0 N–H and O–H groups in total. The third-order valence-corrected chi connectivity index (χ3v) is 8.87. The number of hydrogen-bond acceptors (Lipinski definition) is 6. The average molecular weight is 536 g/mol. The second-order valence-corrected chi connectivity index (χ2v) is 13.6. The molecule has 0 bridgehead atoms. The van der Waals surface area contributed by atoms with Crippen LogP contribution >= 0.6 is 0 Å². The normalized spacial score (nSPS) is 12.4. The molecule has 1 aromatic carbocycles. The topological polar surface area (TPSA) is 86.7 Å². The van der Waals surface area contributed by atoms with Crippen LogP contribution in [0.5, 0.6) is 0 Å². The summed E-state index contributed by atoms with van der Waals surface area (Å²) in [6.07, 6.45) is 3.67. The quantitative estimate of drug-likeness (QED) is 0.204. The Morgan fingerprint density at radius 2 is 1.15 bits per heavy atom. The fourth-order valence-corrected chi connectivity index (χ4v) is 6.85. The Bertz CT molecular complexity index is 672. The molecule has 0 atom stereocenters. The van der Waals surface area contributed by atoms with Crippen LogP contribution in [0.15, 0.2) is 24.3 Å². The van der Waals surface area contributed by atoms with Crippen LogP contribution in [0.4, 0.5) is 0 Å². The van der Waals surface area contributed by atoms with E-state index >= 15 is 0 Å². The summed E-state index contributed by atoms with van der Waals surface area (Å²) in [6.45, 7) is 0.530. The SMILES string of the molecule is CS(=O)(=O)OCCC[Se]Cc1ccccc1C[Se]CCCOS(C)(=O)=O. The molecule has 0 saturated heterocycles. The van der Waals surface area contributed by atoms with Crippen molar-refractivity contribution in [3.63, 3.8) is 0 Å². The summed E-state index contributed by atoms with van der Waals surface area (Å²) in [5, 5.41) is 4.06. The molecule has 0 heterocycles. The summed E-state index contributed by atoms with van der Waals surface area (Å²) < 4.78 is 53.1. The van der Waals surface area contributed by atoms with Crippen LogP contribution < -0.4 is 0 Å². The molecule has 0 aliphatic heterocycles. The minimum absolute atomic E-state index is 0.265. The number of rotatable bonds is 14. The van der Waals surface area contributed by atoms with Crippen molar-refractivity contribution in [1.82, 2.24) is 0 Å². The molecular weight excluding hydrogens is 510 g/mol. The van der Waals surface area contributed by atoms with E-state index in [0.29, 0.717) is 29.9 Å². The molecule has 26 heavy (non-hydrogen) atoms. The van der Waals surface area contributed by atoms with Crippen molar-refractivity contribution in [2.75, 3.05) is 25.7 Å². The molecule has 10 heteroatoms. The van der Waals surface area contributed by atoms with Crippen molar-refractivity contribution in [2.24, 2.45) is 0 Å². The molecule has 0 fully saturated rings. The standard InChI is InChI=1S/C16H26O6S2Se2/c1-23(17,18)21-9-5-11-25-13-15-7-3-4-8-16(15)14-26-12-6-10-22-24(2,19)20/h3-4,7-8H,5-6,9-14H2,1-2H3. The van der Waals surface area contributed by atoms with E-state index in [9.17, 15) is 16.8 Å². The van der Waals surface area contributed by atoms with Crippen LogP contribution in [0.2, 0.25) is 10.6 Å². The number of benzene rings is 1. The summed E-state index contributed by atoms with van der Waals surface area (Å²) >= 11 is 0.848. The van der Waals surface area contributed by atoms with Crippen LogP contribution in [0.25, 0.3) is 0 Å². The fourth-order valence-electron chi connectivity index (χ4n) is 1.95. The van der Waals surface area contributed by atoms with Gasteiger partial charge in [0, 0.05) is 0 Å². The van der Waals surface area contributed by atoms with E-state index in [1.54, 1.807) is 0 Å². The zero-order chi connectivity index (χ0) is 19.5. The van der Waals surface area contributed by atoms with Gasteiger partial charge >= 0.3 is 171 Å². The first-order chi connectivity index (χ1) is 12.2. The Balaban J connectivity index is 2.25. The van der Waals surface area contributed by atoms with Gasteiger partial charge in [-0.05, 0) is 0 Å². The Kier molecular flexibility index (Phi) is 11.6. The molecule has 6 nitrogen and oxygen atoms in total. The molecule has 0 spiro atoms. The van der Waals surface area contributed by atoms with Gasteiger partial charge in [-0.25, -0.2) is 0 Å². The fraction of sp³-hybridized carbons (Fsp3) is 0.625. The summed E-state index contributed by atoms with van der Waals surface area (Å²) in [5.74, 6) is 0. The van der Waals surface area contributed by atoms with Crippen molar-refractivity contribution in [1.29, 1.82) is 0 Å². The van der Waals surface area contributed by atoms with E-state index in [0.717, 1.165) is 46.6 Å². The van der Waals surface area contributed by atoms with Gasteiger partial charge in [0.2, 0.25) is 0 Å². The second-order valence-electron chi connectivity index (χ2n) is 5.63.